The second-order valence-electron chi connectivity index (χ2n) is 20.7. The Labute approximate surface area is 418 Å². The van der Waals surface area contributed by atoms with Gasteiger partial charge >= 0.3 is 5.97 Å². The van der Waals surface area contributed by atoms with Crippen LogP contribution >= 0.6 is 0 Å². The third-order valence-electron chi connectivity index (χ3n) is 14.0. The quantitative estimate of drug-likeness (QED) is 0.0321. The highest BCUT2D eigenvalue weighted by molar-refractivity contribution is 5.76. The van der Waals surface area contributed by atoms with Crippen LogP contribution < -0.4 is 5.32 Å². The molecular formula is C61H117NO5. The first-order chi connectivity index (χ1) is 33.0. The number of aliphatic hydroxyl groups excluding tert-OH is 2. The second kappa shape index (κ2) is 56.9. The topological polar surface area (TPSA) is 95.9 Å². The lowest BCUT2D eigenvalue weighted by Gasteiger charge is -2.20. The molecule has 67 heavy (non-hydrogen) atoms. The van der Waals surface area contributed by atoms with Crippen molar-refractivity contribution in [3.8, 4) is 0 Å². The number of carbonyl (C=O) groups excluding carboxylic acids is 2. The number of aliphatic hydroxyl groups is 2. The Morgan fingerprint density at radius 1 is 0.403 bits per heavy atom. The van der Waals surface area contributed by atoms with Crippen LogP contribution in [-0.2, 0) is 14.3 Å². The van der Waals surface area contributed by atoms with E-state index in [9.17, 15) is 19.8 Å². The van der Waals surface area contributed by atoms with Gasteiger partial charge in [0.05, 0.1) is 25.4 Å². The monoisotopic (exact) mass is 944 g/mol. The van der Waals surface area contributed by atoms with Gasteiger partial charge in [-0.25, -0.2) is 0 Å². The Bertz CT molecular complexity index is 1040. The zero-order valence-corrected chi connectivity index (χ0v) is 45.1. The van der Waals surface area contributed by atoms with Crippen molar-refractivity contribution in [2.24, 2.45) is 0 Å². The molecule has 0 aromatic heterocycles. The summed E-state index contributed by atoms with van der Waals surface area (Å²) in [6.45, 7) is 4.91. The molecule has 0 aromatic rings. The number of ether oxygens (including phenoxy) is 1. The highest BCUT2D eigenvalue weighted by Gasteiger charge is 2.18. The summed E-state index contributed by atoms with van der Waals surface area (Å²) in [6.07, 6.45) is 69.2. The summed E-state index contributed by atoms with van der Waals surface area (Å²) >= 11 is 0. The molecular weight excluding hydrogens is 827 g/mol. The van der Waals surface area contributed by atoms with Crippen LogP contribution in [0.1, 0.15) is 328 Å². The van der Waals surface area contributed by atoms with Crippen LogP contribution in [0.15, 0.2) is 24.3 Å². The zero-order valence-electron chi connectivity index (χ0n) is 45.1. The second-order valence-corrected chi connectivity index (χ2v) is 20.7. The van der Waals surface area contributed by atoms with Crippen LogP contribution in [0.3, 0.4) is 0 Å². The van der Waals surface area contributed by atoms with Crippen molar-refractivity contribution in [1.82, 2.24) is 5.32 Å². The van der Waals surface area contributed by atoms with E-state index in [-0.39, 0.29) is 18.5 Å². The minimum Gasteiger partial charge on any atom is -0.466 e. The summed E-state index contributed by atoms with van der Waals surface area (Å²) in [7, 11) is 0. The molecule has 0 aromatic carbocycles. The van der Waals surface area contributed by atoms with E-state index >= 15 is 0 Å². The number of rotatable bonds is 56. The smallest absolute Gasteiger partial charge is 0.305 e. The molecule has 0 aliphatic carbocycles. The van der Waals surface area contributed by atoms with E-state index in [0.29, 0.717) is 19.4 Å². The van der Waals surface area contributed by atoms with Crippen molar-refractivity contribution < 1.29 is 24.5 Å². The highest BCUT2D eigenvalue weighted by atomic mass is 16.5. The summed E-state index contributed by atoms with van der Waals surface area (Å²) in [6, 6.07) is -0.638. The van der Waals surface area contributed by atoms with E-state index in [1.807, 2.05) is 6.08 Å². The summed E-state index contributed by atoms with van der Waals surface area (Å²) in [5.41, 5.74) is 0. The molecule has 0 radical (unpaired) electrons. The highest BCUT2D eigenvalue weighted by Crippen LogP contribution is 2.17. The first-order valence-electron chi connectivity index (χ1n) is 30.1. The summed E-state index contributed by atoms with van der Waals surface area (Å²) in [5, 5.41) is 23.2. The number of allylic oxidation sites excluding steroid dienone is 3. The molecule has 0 bridgehead atoms. The van der Waals surface area contributed by atoms with Gasteiger partial charge < -0.3 is 20.3 Å². The molecule has 0 heterocycles. The van der Waals surface area contributed by atoms with Crippen molar-refractivity contribution in [2.45, 2.75) is 341 Å². The molecule has 0 saturated carbocycles. The van der Waals surface area contributed by atoms with E-state index in [0.717, 1.165) is 57.8 Å². The van der Waals surface area contributed by atoms with Crippen molar-refractivity contribution in [2.75, 3.05) is 13.2 Å². The van der Waals surface area contributed by atoms with Crippen molar-refractivity contribution >= 4 is 11.9 Å². The molecule has 396 valence electrons. The predicted octanol–water partition coefficient (Wildman–Crippen LogP) is 18.6. The van der Waals surface area contributed by atoms with Gasteiger partial charge in [0, 0.05) is 12.8 Å². The van der Waals surface area contributed by atoms with Crippen LogP contribution in [0.2, 0.25) is 0 Å². The standard InChI is InChI=1S/C61H117NO5/c1-3-5-7-9-11-13-15-17-18-19-20-21-24-27-30-33-37-41-45-49-53-59(64)58(57-63)62-60(65)54-50-46-42-38-34-31-28-25-22-23-26-29-32-36-40-44-48-52-56-67-61(66)55-51-47-43-39-35-16-14-12-10-8-6-4-2/h25,28,49,53,58-59,63-64H,3-24,26-27,29-48,50-52,54-57H2,1-2H3,(H,62,65)/b28-25-,53-49+. The lowest BCUT2D eigenvalue weighted by Crippen LogP contribution is -2.45. The van der Waals surface area contributed by atoms with Gasteiger partial charge in [0.15, 0.2) is 0 Å². The maximum absolute atomic E-state index is 12.5. The minimum atomic E-state index is -0.853. The van der Waals surface area contributed by atoms with Crippen LogP contribution in [0.4, 0.5) is 0 Å². The maximum atomic E-state index is 12.5. The number of hydrogen-bond donors (Lipinski definition) is 3. The van der Waals surface area contributed by atoms with E-state index in [2.05, 4.69) is 31.3 Å². The Balaban J connectivity index is 3.48. The van der Waals surface area contributed by atoms with Crippen LogP contribution in [0.5, 0.6) is 0 Å². The lowest BCUT2D eigenvalue weighted by atomic mass is 10.0. The number of nitrogens with one attached hydrogen (secondary N) is 1. The Morgan fingerprint density at radius 3 is 1.06 bits per heavy atom. The van der Waals surface area contributed by atoms with Crippen molar-refractivity contribution in [1.29, 1.82) is 0 Å². The molecule has 6 heteroatoms. The molecule has 2 unspecified atom stereocenters. The van der Waals surface area contributed by atoms with Crippen LogP contribution in [0, 0.1) is 0 Å². The lowest BCUT2D eigenvalue weighted by molar-refractivity contribution is -0.143. The number of amides is 1. The number of hydrogen-bond acceptors (Lipinski definition) is 5. The largest absolute Gasteiger partial charge is 0.466 e. The maximum Gasteiger partial charge on any atom is 0.305 e. The summed E-state index contributed by atoms with van der Waals surface area (Å²) in [5.74, 6) is -0.0765. The fourth-order valence-corrected chi connectivity index (χ4v) is 9.34. The molecule has 0 saturated heterocycles. The van der Waals surface area contributed by atoms with Gasteiger partial charge in [-0.2, -0.15) is 0 Å². The van der Waals surface area contributed by atoms with E-state index in [1.54, 1.807) is 6.08 Å². The molecule has 0 spiro atoms. The molecule has 3 N–H and O–H groups in total. The van der Waals surface area contributed by atoms with Crippen molar-refractivity contribution in [3.63, 3.8) is 0 Å². The average Bonchev–Trinajstić information content (AvgIpc) is 3.33. The Hall–Kier alpha value is -1.66. The van der Waals surface area contributed by atoms with E-state index < -0.39 is 12.1 Å². The SMILES string of the molecule is CCCCCCCCCCCCCCCCCCCC/C=C/C(O)C(CO)NC(=O)CCCCCCC/C=C\CCCCCCCCCCCOC(=O)CCCCCCCCCCCCCC. The van der Waals surface area contributed by atoms with Crippen molar-refractivity contribution in [3.05, 3.63) is 24.3 Å². The molecule has 0 aliphatic heterocycles. The van der Waals surface area contributed by atoms with Gasteiger partial charge in [-0.1, -0.05) is 282 Å². The average molecular weight is 945 g/mol. The Kier molecular flexibility index (Phi) is 55.5. The molecule has 2 atom stereocenters. The van der Waals surface area contributed by atoms with Gasteiger partial charge in [-0.15, -0.1) is 0 Å². The summed E-state index contributed by atoms with van der Waals surface area (Å²) < 4.78 is 5.46. The number of esters is 1. The molecule has 0 aliphatic rings. The van der Waals surface area contributed by atoms with Gasteiger partial charge in [0.1, 0.15) is 0 Å². The fourth-order valence-electron chi connectivity index (χ4n) is 9.34. The van der Waals surface area contributed by atoms with Crippen LogP contribution in [-0.4, -0.2) is 47.4 Å². The van der Waals surface area contributed by atoms with E-state index in [4.69, 9.17) is 4.74 Å². The fraction of sp³-hybridized carbons (Fsp3) is 0.902. The van der Waals surface area contributed by atoms with Gasteiger partial charge in [-0.05, 0) is 57.8 Å². The van der Waals surface area contributed by atoms with Gasteiger partial charge in [0.25, 0.3) is 0 Å². The third-order valence-corrected chi connectivity index (χ3v) is 14.0. The number of carbonyl (C=O) groups is 2. The Morgan fingerprint density at radius 2 is 0.701 bits per heavy atom. The van der Waals surface area contributed by atoms with E-state index in [1.165, 1.54) is 244 Å². The number of unbranched alkanes of at least 4 members (excludes halogenated alkanes) is 43. The molecule has 1 amide bonds. The van der Waals surface area contributed by atoms with Crippen LogP contribution in [0.25, 0.3) is 0 Å². The zero-order chi connectivity index (χ0) is 48.6. The minimum absolute atomic E-state index is 0.00315. The molecule has 6 nitrogen and oxygen atoms in total. The summed E-state index contributed by atoms with van der Waals surface area (Å²) in [4.78, 5) is 24.5. The first-order valence-corrected chi connectivity index (χ1v) is 30.1. The first kappa shape index (κ1) is 65.3. The third kappa shape index (κ3) is 53.5. The predicted molar refractivity (Wildman–Crippen MR) is 292 cm³/mol. The molecule has 0 fully saturated rings. The van der Waals surface area contributed by atoms with Gasteiger partial charge in [0.2, 0.25) is 5.91 Å². The molecule has 0 rings (SSSR count). The van der Waals surface area contributed by atoms with Gasteiger partial charge in [-0.3, -0.25) is 9.59 Å². The normalized spacial score (nSPS) is 12.7.